The Morgan fingerprint density at radius 1 is 0.914 bits per heavy atom. The fourth-order valence-electron chi connectivity index (χ4n) is 3.81. The summed E-state index contributed by atoms with van der Waals surface area (Å²) in [6.45, 7) is 2.22. The number of rotatable bonds is 5. The molecular weight excluding hydrogens is 438 g/mol. The number of hydrogen-bond acceptors (Lipinski definition) is 4. The molecule has 6 nitrogen and oxygen atoms in total. The molecule has 170 valence electrons. The minimum absolute atomic E-state index is 0.141. The van der Waals surface area contributed by atoms with E-state index in [1.807, 2.05) is 84.9 Å². The van der Waals surface area contributed by atoms with E-state index in [0.717, 1.165) is 22.6 Å². The normalized spacial score (nSPS) is 10.5. The van der Waals surface area contributed by atoms with Crippen LogP contribution >= 0.6 is 0 Å². The zero-order chi connectivity index (χ0) is 24.2. The van der Waals surface area contributed by atoms with Crippen LogP contribution in [0.1, 0.15) is 32.9 Å². The number of benzene rings is 3. The van der Waals surface area contributed by atoms with Gasteiger partial charge in [-0.3, -0.25) is 0 Å². The van der Waals surface area contributed by atoms with Crippen molar-refractivity contribution in [3.8, 4) is 23.3 Å². The Bertz CT molecular complexity index is 1560. The molecule has 35 heavy (non-hydrogen) atoms. The molecule has 2 aromatic heterocycles. The molecule has 0 saturated heterocycles. The largest absolute Gasteiger partial charge is 0.478 e. The highest BCUT2D eigenvalue weighted by atomic mass is 16.5. The molecular formula is C29H21N3O3. The molecule has 3 aromatic carbocycles. The Morgan fingerprint density at radius 3 is 2.26 bits per heavy atom. The van der Waals surface area contributed by atoms with E-state index in [1.54, 1.807) is 11.6 Å². The SMILES string of the molecule is Cc1nn(Cc2ccc(Oc3ccccc3)cc2)c2nc(C#Cc3ccccc3)cc(C(=O)O)c12. The maximum atomic E-state index is 12.0. The van der Waals surface area contributed by atoms with Gasteiger partial charge < -0.3 is 9.84 Å². The lowest BCUT2D eigenvalue weighted by molar-refractivity contribution is 0.0699. The molecule has 0 radical (unpaired) electrons. The maximum absolute atomic E-state index is 12.0. The smallest absolute Gasteiger partial charge is 0.336 e. The van der Waals surface area contributed by atoms with Crippen LogP contribution in [0.4, 0.5) is 0 Å². The van der Waals surface area contributed by atoms with Gasteiger partial charge in [0.1, 0.15) is 17.2 Å². The van der Waals surface area contributed by atoms with Gasteiger partial charge in [0.05, 0.1) is 23.2 Å². The van der Waals surface area contributed by atoms with E-state index in [2.05, 4.69) is 21.9 Å². The third kappa shape index (κ3) is 4.90. The molecule has 0 fully saturated rings. The van der Waals surface area contributed by atoms with Crippen molar-refractivity contribution in [3.63, 3.8) is 0 Å². The number of ether oxygens (including phenoxy) is 1. The van der Waals surface area contributed by atoms with Crippen LogP contribution in [0.25, 0.3) is 11.0 Å². The van der Waals surface area contributed by atoms with Crippen molar-refractivity contribution >= 4 is 17.0 Å². The lowest BCUT2D eigenvalue weighted by atomic mass is 10.1. The van der Waals surface area contributed by atoms with E-state index in [1.165, 1.54) is 6.07 Å². The summed E-state index contributed by atoms with van der Waals surface area (Å²) < 4.78 is 7.58. The average Bonchev–Trinajstić information content (AvgIpc) is 3.19. The van der Waals surface area contributed by atoms with E-state index < -0.39 is 5.97 Å². The number of aromatic carboxylic acids is 1. The summed E-state index contributed by atoms with van der Waals surface area (Å²) >= 11 is 0. The standard InChI is InChI=1S/C29H21N3O3/c1-20-27-26(29(33)34)18-23(15-12-21-8-4-2-5-9-21)30-28(27)32(31-20)19-22-13-16-25(17-14-22)35-24-10-6-3-7-11-24/h2-11,13-14,16-18H,19H2,1H3,(H,33,34). The zero-order valence-corrected chi connectivity index (χ0v) is 19.0. The molecule has 0 aliphatic carbocycles. The first-order chi connectivity index (χ1) is 17.1. The van der Waals surface area contributed by atoms with Crippen LogP contribution in [0, 0.1) is 18.8 Å². The second-order valence-corrected chi connectivity index (χ2v) is 7.98. The maximum Gasteiger partial charge on any atom is 0.336 e. The highest BCUT2D eigenvalue weighted by Crippen LogP contribution is 2.25. The average molecular weight is 460 g/mol. The molecule has 0 bridgehead atoms. The Kier molecular flexibility index (Phi) is 5.98. The van der Waals surface area contributed by atoms with Crippen LogP contribution in [-0.2, 0) is 6.54 Å². The number of fused-ring (bicyclic) bond motifs is 1. The first-order valence-electron chi connectivity index (χ1n) is 11.1. The molecule has 0 spiro atoms. The van der Waals surface area contributed by atoms with Crippen molar-refractivity contribution in [3.05, 3.63) is 119 Å². The lowest BCUT2D eigenvalue weighted by Gasteiger charge is -2.08. The van der Waals surface area contributed by atoms with Crippen molar-refractivity contribution in [1.29, 1.82) is 0 Å². The van der Waals surface area contributed by atoms with Gasteiger partial charge in [-0.15, -0.1) is 0 Å². The Hall–Kier alpha value is -4.89. The first-order valence-corrected chi connectivity index (χ1v) is 11.1. The highest BCUT2D eigenvalue weighted by molar-refractivity contribution is 6.03. The summed E-state index contributed by atoms with van der Waals surface area (Å²) in [7, 11) is 0. The fourth-order valence-corrected chi connectivity index (χ4v) is 3.81. The summed E-state index contributed by atoms with van der Waals surface area (Å²) in [4.78, 5) is 16.7. The number of aryl methyl sites for hydroxylation is 1. The molecule has 0 aliphatic heterocycles. The quantitative estimate of drug-likeness (QED) is 0.342. The molecule has 0 atom stereocenters. The number of aromatic nitrogens is 3. The second kappa shape index (κ2) is 9.54. The van der Waals surface area contributed by atoms with Crippen molar-refractivity contribution in [1.82, 2.24) is 14.8 Å². The fraction of sp³-hybridized carbons (Fsp3) is 0.0690. The molecule has 0 saturated carbocycles. The lowest BCUT2D eigenvalue weighted by Crippen LogP contribution is -2.05. The minimum Gasteiger partial charge on any atom is -0.478 e. The minimum atomic E-state index is -1.04. The van der Waals surface area contributed by atoms with Gasteiger partial charge in [0.15, 0.2) is 5.65 Å². The van der Waals surface area contributed by atoms with E-state index >= 15 is 0 Å². The number of hydrogen-bond donors (Lipinski definition) is 1. The van der Waals surface area contributed by atoms with Crippen molar-refractivity contribution in [2.75, 3.05) is 0 Å². The van der Waals surface area contributed by atoms with Crippen molar-refractivity contribution < 1.29 is 14.6 Å². The number of carbonyl (C=O) groups is 1. The van der Waals surface area contributed by atoms with Gasteiger partial charge in [0, 0.05) is 5.56 Å². The van der Waals surface area contributed by atoms with Gasteiger partial charge in [-0.05, 0) is 60.9 Å². The van der Waals surface area contributed by atoms with Gasteiger partial charge >= 0.3 is 5.97 Å². The molecule has 5 rings (SSSR count). The predicted octanol–water partition coefficient (Wildman–Crippen LogP) is 5.68. The summed E-state index contributed by atoms with van der Waals surface area (Å²) in [6.07, 6.45) is 0. The number of pyridine rings is 1. The molecule has 5 aromatic rings. The highest BCUT2D eigenvalue weighted by Gasteiger charge is 2.19. The molecule has 0 amide bonds. The topological polar surface area (TPSA) is 77.2 Å². The Labute approximate surface area is 202 Å². The van der Waals surface area contributed by atoms with E-state index in [9.17, 15) is 9.90 Å². The number of para-hydroxylation sites is 1. The number of carboxylic acids is 1. The number of carboxylic acid groups (broad SMARTS) is 1. The van der Waals surface area contributed by atoms with Gasteiger partial charge in [-0.25, -0.2) is 14.5 Å². The van der Waals surface area contributed by atoms with Gasteiger partial charge in [-0.2, -0.15) is 5.10 Å². The van der Waals surface area contributed by atoms with Crippen LogP contribution in [0.5, 0.6) is 11.5 Å². The van der Waals surface area contributed by atoms with Crippen LogP contribution in [0.2, 0.25) is 0 Å². The summed E-state index contributed by atoms with van der Waals surface area (Å²) in [5.41, 5.74) is 3.43. The van der Waals surface area contributed by atoms with Crippen molar-refractivity contribution in [2.45, 2.75) is 13.5 Å². The van der Waals surface area contributed by atoms with Gasteiger partial charge in [0.25, 0.3) is 0 Å². The number of nitrogens with zero attached hydrogens (tertiary/aromatic N) is 3. The molecule has 6 heteroatoms. The van der Waals surface area contributed by atoms with Crippen molar-refractivity contribution in [2.24, 2.45) is 0 Å². The third-order valence-corrected chi connectivity index (χ3v) is 5.45. The van der Waals surface area contributed by atoms with Crippen LogP contribution < -0.4 is 4.74 Å². The molecule has 1 N–H and O–H groups in total. The van der Waals surface area contributed by atoms with Crippen LogP contribution in [0.15, 0.2) is 91.0 Å². The monoisotopic (exact) mass is 459 g/mol. The van der Waals surface area contributed by atoms with Crippen LogP contribution in [0.3, 0.4) is 0 Å². The second-order valence-electron chi connectivity index (χ2n) is 7.98. The van der Waals surface area contributed by atoms with Crippen LogP contribution in [-0.4, -0.2) is 25.8 Å². The Balaban J connectivity index is 1.48. The predicted molar refractivity (Wildman–Crippen MR) is 134 cm³/mol. The zero-order valence-electron chi connectivity index (χ0n) is 19.0. The Morgan fingerprint density at radius 2 is 1.57 bits per heavy atom. The van der Waals surface area contributed by atoms with E-state index in [4.69, 9.17) is 4.74 Å². The molecule has 2 heterocycles. The van der Waals surface area contributed by atoms with Gasteiger partial charge in [-0.1, -0.05) is 54.5 Å². The third-order valence-electron chi connectivity index (χ3n) is 5.45. The molecule has 0 unspecified atom stereocenters. The molecule has 0 aliphatic rings. The summed E-state index contributed by atoms with van der Waals surface area (Å²) in [5, 5.41) is 14.9. The summed E-state index contributed by atoms with van der Waals surface area (Å²) in [6, 6.07) is 28.3. The first kappa shape index (κ1) is 21.9. The van der Waals surface area contributed by atoms with E-state index in [-0.39, 0.29) is 5.56 Å². The summed E-state index contributed by atoms with van der Waals surface area (Å²) in [5.74, 6) is 6.50. The van der Waals surface area contributed by atoms with Gasteiger partial charge in [0.2, 0.25) is 0 Å². The van der Waals surface area contributed by atoms with E-state index in [0.29, 0.717) is 29.0 Å².